The van der Waals surface area contributed by atoms with Crippen LogP contribution in [-0.2, 0) is 10.0 Å². The number of hydrogen-bond donors (Lipinski definition) is 0. The normalized spacial score (nSPS) is 25.3. The van der Waals surface area contributed by atoms with Gasteiger partial charge < -0.3 is 9.47 Å². The topological polar surface area (TPSA) is 105 Å². The number of halogens is 1. The van der Waals surface area contributed by atoms with Crippen LogP contribution in [0, 0.1) is 24.1 Å². The molecule has 3 heterocycles. The molecule has 2 bridgehead atoms. The van der Waals surface area contributed by atoms with Crippen LogP contribution in [0.4, 0.5) is 4.39 Å². The van der Waals surface area contributed by atoms with Gasteiger partial charge in [-0.25, -0.2) is 22.8 Å². The first-order valence-corrected chi connectivity index (χ1v) is 12.2. The number of nitriles is 1. The number of nitrogens with zero attached hydrogens (tertiary/aromatic N) is 4. The van der Waals surface area contributed by atoms with E-state index in [4.69, 9.17) is 14.7 Å². The zero-order valence-corrected chi connectivity index (χ0v) is 18.4. The van der Waals surface area contributed by atoms with E-state index in [0.717, 1.165) is 31.7 Å². The minimum Gasteiger partial charge on any atom is -0.474 e. The number of sulfonamides is 1. The van der Waals surface area contributed by atoms with E-state index in [0.29, 0.717) is 24.3 Å². The molecule has 0 spiro atoms. The maximum Gasteiger partial charge on any atom is 0.229 e. The molecule has 2 aliphatic heterocycles. The largest absolute Gasteiger partial charge is 0.474 e. The molecule has 5 rings (SSSR count). The number of aromatic nitrogens is 2. The minimum absolute atomic E-state index is 0.0324. The van der Waals surface area contributed by atoms with Crippen LogP contribution < -0.4 is 9.47 Å². The number of ether oxygens (including phenoxy) is 2. The molecule has 0 amide bonds. The van der Waals surface area contributed by atoms with Gasteiger partial charge >= 0.3 is 0 Å². The van der Waals surface area contributed by atoms with Gasteiger partial charge in [0.2, 0.25) is 21.8 Å². The molecule has 3 fully saturated rings. The van der Waals surface area contributed by atoms with Crippen molar-refractivity contribution in [3.8, 4) is 23.6 Å². The average molecular weight is 459 g/mol. The van der Waals surface area contributed by atoms with Crippen LogP contribution in [0.25, 0.3) is 0 Å². The van der Waals surface area contributed by atoms with E-state index >= 15 is 0 Å². The highest BCUT2D eigenvalue weighted by Crippen LogP contribution is 2.44. The molecule has 1 saturated carbocycles. The molecular weight excluding hydrogens is 435 g/mol. The maximum absolute atomic E-state index is 14.2. The molecule has 1 aromatic carbocycles. The predicted molar refractivity (Wildman–Crippen MR) is 112 cm³/mol. The van der Waals surface area contributed by atoms with Crippen molar-refractivity contribution in [2.45, 2.75) is 68.9 Å². The van der Waals surface area contributed by atoms with Crippen molar-refractivity contribution in [3.63, 3.8) is 0 Å². The summed E-state index contributed by atoms with van der Waals surface area (Å²) in [7, 11) is -3.20. The van der Waals surface area contributed by atoms with Crippen LogP contribution in [0.2, 0.25) is 0 Å². The summed E-state index contributed by atoms with van der Waals surface area (Å²) in [5.74, 6) is -0.207. The Morgan fingerprint density at radius 3 is 2.44 bits per heavy atom. The summed E-state index contributed by atoms with van der Waals surface area (Å²) in [5, 5.41) is 8.68. The fourth-order valence-corrected chi connectivity index (χ4v) is 6.98. The molecule has 2 aromatic rings. The van der Waals surface area contributed by atoms with Gasteiger partial charge in [-0.15, -0.1) is 0 Å². The second-order valence-electron chi connectivity index (χ2n) is 8.64. The lowest BCUT2D eigenvalue weighted by atomic mass is 10.0. The van der Waals surface area contributed by atoms with Crippen molar-refractivity contribution >= 4 is 10.0 Å². The van der Waals surface area contributed by atoms with Gasteiger partial charge in [0.15, 0.2) is 11.6 Å². The van der Waals surface area contributed by atoms with E-state index in [1.54, 1.807) is 11.2 Å². The Labute approximate surface area is 186 Å². The third-order valence-corrected chi connectivity index (χ3v) is 8.90. The highest BCUT2D eigenvalue weighted by molar-refractivity contribution is 7.90. The Bertz CT molecular complexity index is 1180. The van der Waals surface area contributed by atoms with Crippen LogP contribution in [0.3, 0.4) is 0 Å². The van der Waals surface area contributed by atoms with Crippen molar-refractivity contribution < 1.29 is 22.3 Å². The third-order valence-electron chi connectivity index (χ3n) is 6.40. The highest BCUT2D eigenvalue weighted by Gasteiger charge is 2.52. The van der Waals surface area contributed by atoms with E-state index in [1.807, 2.05) is 6.07 Å². The van der Waals surface area contributed by atoms with Crippen molar-refractivity contribution in [2.24, 2.45) is 0 Å². The minimum atomic E-state index is -3.20. The van der Waals surface area contributed by atoms with Crippen molar-refractivity contribution in [2.75, 3.05) is 0 Å². The summed E-state index contributed by atoms with van der Waals surface area (Å²) in [5.41, 5.74) is 0.722. The number of benzene rings is 1. The Balaban J connectivity index is 1.30. The number of fused-ring (bicyclic) bond motifs is 2. The van der Waals surface area contributed by atoms with Gasteiger partial charge in [-0.2, -0.15) is 9.57 Å². The number of piperidine rings is 1. The number of rotatable bonds is 6. The Kier molecular flexibility index (Phi) is 5.26. The molecule has 0 radical (unpaired) electrons. The lowest BCUT2D eigenvalue weighted by Gasteiger charge is -2.37. The smallest absolute Gasteiger partial charge is 0.229 e. The first-order valence-electron chi connectivity index (χ1n) is 10.7. The van der Waals surface area contributed by atoms with Gasteiger partial charge in [0.1, 0.15) is 12.4 Å². The molecule has 10 heteroatoms. The van der Waals surface area contributed by atoms with Gasteiger partial charge in [-0.3, -0.25) is 0 Å². The molecule has 0 N–H and O–H groups in total. The maximum atomic E-state index is 14.2. The molecule has 2 saturated heterocycles. The van der Waals surface area contributed by atoms with Crippen LogP contribution in [0.5, 0.6) is 17.5 Å². The van der Waals surface area contributed by atoms with E-state index in [1.165, 1.54) is 18.5 Å². The zero-order chi connectivity index (χ0) is 22.5. The quantitative estimate of drug-likeness (QED) is 0.653. The summed E-state index contributed by atoms with van der Waals surface area (Å²) in [6.07, 6.45) is 5.60. The summed E-state index contributed by atoms with van der Waals surface area (Å²) in [6, 6.07) is 5.75. The average Bonchev–Trinajstić information content (AvgIpc) is 3.58. The van der Waals surface area contributed by atoms with E-state index in [2.05, 4.69) is 9.97 Å². The lowest BCUT2D eigenvalue weighted by Crippen LogP contribution is -2.50. The van der Waals surface area contributed by atoms with E-state index in [9.17, 15) is 12.8 Å². The fraction of sp³-hybridized carbons (Fsp3) is 0.500. The van der Waals surface area contributed by atoms with Gasteiger partial charge in [-0.05, 0) is 50.8 Å². The van der Waals surface area contributed by atoms with Crippen molar-refractivity contribution in [1.29, 1.82) is 5.26 Å². The second kappa shape index (κ2) is 7.98. The lowest BCUT2D eigenvalue weighted by molar-refractivity contribution is 0.0906. The standard InChI is InChI=1S/C22H23FN4O4S/c1-13-21(25-12-26-22(13)31-20-7-2-14(11-24)8-19(20)23)30-17-9-15-3-4-16(10-17)27(15)32(28,29)18-5-6-18/h2,7-8,12,15-18H,3-6,9-10H2,1H3. The Morgan fingerprint density at radius 2 is 1.81 bits per heavy atom. The van der Waals surface area contributed by atoms with E-state index < -0.39 is 15.8 Å². The Hall–Kier alpha value is -2.77. The molecule has 168 valence electrons. The van der Waals surface area contributed by atoms with Gasteiger partial charge in [-0.1, -0.05) is 0 Å². The monoisotopic (exact) mass is 458 g/mol. The first kappa shape index (κ1) is 21.1. The summed E-state index contributed by atoms with van der Waals surface area (Å²) >= 11 is 0. The molecular formula is C22H23FN4O4S. The van der Waals surface area contributed by atoms with Crippen molar-refractivity contribution in [3.05, 3.63) is 41.5 Å². The number of hydrogen-bond acceptors (Lipinski definition) is 7. The predicted octanol–water partition coefficient (Wildman–Crippen LogP) is 3.45. The second-order valence-corrected chi connectivity index (χ2v) is 10.8. The fourth-order valence-electron chi connectivity index (χ4n) is 4.69. The molecule has 1 aliphatic carbocycles. The van der Waals surface area contributed by atoms with E-state index in [-0.39, 0.29) is 40.6 Å². The van der Waals surface area contributed by atoms with Crippen molar-refractivity contribution in [1.82, 2.24) is 14.3 Å². The molecule has 32 heavy (non-hydrogen) atoms. The van der Waals surface area contributed by atoms with Crippen LogP contribution >= 0.6 is 0 Å². The molecule has 1 aromatic heterocycles. The van der Waals surface area contributed by atoms with Gasteiger partial charge in [0.05, 0.1) is 22.4 Å². The van der Waals surface area contributed by atoms with Crippen LogP contribution in [0.15, 0.2) is 24.5 Å². The third kappa shape index (κ3) is 3.80. The van der Waals surface area contributed by atoms with Crippen LogP contribution in [0.1, 0.15) is 49.7 Å². The highest BCUT2D eigenvalue weighted by atomic mass is 32.2. The SMILES string of the molecule is Cc1c(Oc2ccc(C#N)cc2F)ncnc1OC1CC2CCC(C1)N2S(=O)(=O)C1CC1. The summed E-state index contributed by atoms with van der Waals surface area (Å²) in [6.45, 7) is 1.73. The molecule has 2 atom stereocenters. The summed E-state index contributed by atoms with van der Waals surface area (Å²) in [4.78, 5) is 8.31. The Morgan fingerprint density at radius 1 is 1.12 bits per heavy atom. The molecule has 3 aliphatic rings. The first-order chi connectivity index (χ1) is 15.4. The van der Waals surface area contributed by atoms with Crippen LogP contribution in [-0.4, -0.2) is 46.1 Å². The zero-order valence-electron chi connectivity index (χ0n) is 17.6. The van der Waals surface area contributed by atoms with Gasteiger partial charge in [0.25, 0.3) is 0 Å². The molecule has 2 unspecified atom stereocenters. The molecule has 8 nitrogen and oxygen atoms in total. The van der Waals surface area contributed by atoms with Gasteiger partial charge in [0, 0.05) is 24.9 Å². The summed E-state index contributed by atoms with van der Waals surface area (Å²) < 4.78 is 53.4.